The number of carbonyl (C=O) groups is 3. The standard InChI is InChI=1S/C22H21FN2O4/c1-14-2-7-17-18(12-14)22(28)25(21(17)27)9-8-20(26)24-10-11-29-19(13-24)15-3-5-16(23)6-4-15/h2-7,12,19H,8-11,13H2,1H3. The van der Waals surface area contributed by atoms with E-state index in [0.717, 1.165) is 16.0 Å². The molecule has 1 atom stereocenters. The first kappa shape index (κ1) is 19.3. The molecule has 2 aliphatic rings. The van der Waals surface area contributed by atoms with Crippen LogP contribution in [0.15, 0.2) is 42.5 Å². The molecule has 0 N–H and O–H groups in total. The summed E-state index contributed by atoms with van der Waals surface area (Å²) >= 11 is 0. The highest BCUT2D eigenvalue weighted by Gasteiger charge is 2.36. The zero-order valence-corrected chi connectivity index (χ0v) is 16.1. The Balaban J connectivity index is 1.38. The maximum absolute atomic E-state index is 13.1. The Hall–Kier alpha value is -3.06. The van der Waals surface area contributed by atoms with Crippen LogP contribution in [-0.4, -0.2) is 53.8 Å². The molecule has 2 aliphatic heterocycles. The van der Waals surface area contributed by atoms with Crippen molar-refractivity contribution in [3.63, 3.8) is 0 Å². The number of nitrogens with zero attached hydrogens (tertiary/aromatic N) is 2. The quantitative estimate of drug-likeness (QED) is 0.746. The summed E-state index contributed by atoms with van der Waals surface area (Å²) in [7, 11) is 0. The van der Waals surface area contributed by atoms with Gasteiger partial charge in [0, 0.05) is 19.5 Å². The predicted octanol–water partition coefficient (Wildman–Crippen LogP) is 2.72. The van der Waals surface area contributed by atoms with Crippen molar-refractivity contribution >= 4 is 17.7 Å². The summed E-state index contributed by atoms with van der Waals surface area (Å²) in [6.07, 6.45) is -0.267. The number of carbonyl (C=O) groups excluding carboxylic acids is 3. The largest absolute Gasteiger partial charge is 0.370 e. The lowest BCUT2D eigenvalue weighted by molar-refractivity contribution is -0.139. The van der Waals surface area contributed by atoms with E-state index >= 15 is 0 Å². The number of imide groups is 1. The summed E-state index contributed by atoms with van der Waals surface area (Å²) in [5.41, 5.74) is 2.49. The molecule has 2 aromatic carbocycles. The first-order chi connectivity index (χ1) is 13.9. The Bertz CT molecular complexity index is 973. The van der Waals surface area contributed by atoms with Gasteiger partial charge in [0.05, 0.1) is 24.3 Å². The van der Waals surface area contributed by atoms with Gasteiger partial charge < -0.3 is 9.64 Å². The number of aryl methyl sites for hydroxylation is 1. The normalized spacial score (nSPS) is 18.9. The third-order valence-electron chi connectivity index (χ3n) is 5.34. The fraction of sp³-hybridized carbons (Fsp3) is 0.318. The van der Waals surface area contributed by atoms with Gasteiger partial charge in [0.25, 0.3) is 11.8 Å². The molecule has 0 aromatic heterocycles. The van der Waals surface area contributed by atoms with Crippen molar-refractivity contribution in [1.82, 2.24) is 9.80 Å². The number of rotatable bonds is 4. The average molecular weight is 396 g/mol. The molecular formula is C22H21FN2O4. The maximum atomic E-state index is 13.1. The second-order valence-electron chi connectivity index (χ2n) is 7.31. The van der Waals surface area contributed by atoms with Crippen molar-refractivity contribution in [1.29, 1.82) is 0 Å². The number of hydrogen-bond acceptors (Lipinski definition) is 4. The van der Waals surface area contributed by atoms with Gasteiger partial charge in [-0.05, 0) is 36.8 Å². The molecule has 4 rings (SSSR count). The molecule has 0 spiro atoms. The minimum absolute atomic E-state index is 0.0444. The molecule has 1 fully saturated rings. The van der Waals surface area contributed by atoms with Crippen molar-refractivity contribution < 1.29 is 23.5 Å². The molecule has 1 unspecified atom stereocenters. The molecule has 0 radical (unpaired) electrons. The van der Waals surface area contributed by atoms with Gasteiger partial charge in [-0.3, -0.25) is 19.3 Å². The van der Waals surface area contributed by atoms with E-state index in [9.17, 15) is 18.8 Å². The highest BCUT2D eigenvalue weighted by Crippen LogP contribution is 2.25. The van der Waals surface area contributed by atoms with Crippen LogP contribution in [0, 0.1) is 12.7 Å². The van der Waals surface area contributed by atoms with Gasteiger partial charge >= 0.3 is 0 Å². The van der Waals surface area contributed by atoms with Crippen LogP contribution in [-0.2, 0) is 9.53 Å². The Morgan fingerprint density at radius 2 is 1.83 bits per heavy atom. The predicted molar refractivity (Wildman–Crippen MR) is 103 cm³/mol. The summed E-state index contributed by atoms with van der Waals surface area (Å²) in [5, 5.41) is 0. The van der Waals surface area contributed by atoms with Crippen LogP contribution in [0.25, 0.3) is 0 Å². The number of ether oxygens (including phenoxy) is 1. The Labute approximate surface area is 167 Å². The van der Waals surface area contributed by atoms with Crippen molar-refractivity contribution in [3.8, 4) is 0 Å². The third-order valence-corrected chi connectivity index (χ3v) is 5.34. The molecule has 0 aliphatic carbocycles. The summed E-state index contributed by atoms with van der Waals surface area (Å²) in [5.74, 6) is -1.18. The van der Waals surface area contributed by atoms with Crippen molar-refractivity contribution in [2.75, 3.05) is 26.2 Å². The second-order valence-corrected chi connectivity index (χ2v) is 7.31. The van der Waals surface area contributed by atoms with E-state index in [0.29, 0.717) is 30.8 Å². The summed E-state index contributed by atoms with van der Waals surface area (Å²) in [6, 6.07) is 11.2. The van der Waals surface area contributed by atoms with Gasteiger partial charge in [-0.15, -0.1) is 0 Å². The Morgan fingerprint density at radius 1 is 1.10 bits per heavy atom. The summed E-state index contributed by atoms with van der Waals surface area (Å²) in [6.45, 7) is 3.08. The van der Waals surface area contributed by atoms with E-state index in [1.54, 1.807) is 35.2 Å². The molecule has 0 saturated carbocycles. The topological polar surface area (TPSA) is 66.9 Å². The minimum Gasteiger partial charge on any atom is -0.370 e. The van der Waals surface area contributed by atoms with E-state index in [1.165, 1.54) is 12.1 Å². The van der Waals surface area contributed by atoms with Gasteiger partial charge in [0.15, 0.2) is 0 Å². The van der Waals surface area contributed by atoms with Crippen LogP contribution in [0.2, 0.25) is 0 Å². The molecule has 29 heavy (non-hydrogen) atoms. The van der Waals surface area contributed by atoms with Crippen LogP contribution >= 0.6 is 0 Å². The average Bonchev–Trinajstić information content (AvgIpc) is 2.96. The van der Waals surface area contributed by atoms with Gasteiger partial charge in [-0.1, -0.05) is 23.8 Å². The number of morpholine rings is 1. The van der Waals surface area contributed by atoms with Crippen molar-refractivity contribution in [3.05, 3.63) is 70.5 Å². The summed E-state index contributed by atoms with van der Waals surface area (Å²) in [4.78, 5) is 40.5. The highest BCUT2D eigenvalue weighted by molar-refractivity contribution is 6.21. The molecule has 2 aromatic rings. The first-order valence-corrected chi connectivity index (χ1v) is 9.56. The van der Waals surface area contributed by atoms with Crippen LogP contribution in [0.1, 0.15) is 44.4 Å². The zero-order valence-electron chi connectivity index (χ0n) is 16.1. The monoisotopic (exact) mass is 396 g/mol. The number of amides is 3. The molecule has 1 saturated heterocycles. The van der Waals surface area contributed by atoms with E-state index in [-0.39, 0.29) is 42.6 Å². The third kappa shape index (κ3) is 3.78. The van der Waals surface area contributed by atoms with Gasteiger partial charge in [-0.25, -0.2) is 4.39 Å². The van der Waals surface area contributed by atoms with E-state index in [1.807, 2.05) is 6.92 Å². The molecule has 3 amide bonds. The lowest BCUT2D eigenvalue weighted by Crippen LogP contribution is -2.43. The molecule has 7 heteroatoms. The molecule has 2 heterocycles. The smallest absolute Gasteiger partial charge is 0.261 e. The lowest BCUT2D eigenvalue weighted by atomic mass is 10.1. The second kappa shape index (κ2) is 7.75. The Morgan fingerprint density at radius 3 is 2.59 bits per heavy atom. The van der Waals surface area contributed by atoms with Crippen molar-refractivity contribution in [2.45, 2.75) is 19.4 Å². The number of hydrogen-bond donors (Lipinski definition) is 0. The number of halogens is 1. The van der Waals surface area contributed by atoms with Gasteiger partial charge in [0.2, 0.25) is 5.91 Å². The van der Waals surface area contributed by atoms with Gasteiger partial charge in [0.1, 0.15) is 11.9 Å². The van der Waals surface area contributed by atoms with Gasteiger partial charge in [-0.2, -0.15) is 0 Å². The maximum Gasteiger partial charge on any atom is 0.261 e. The van der Waals surface area contributed by atoms with Crippen molar-refractivity contribution in [2.24, 2.45) is 0 Å². The molecule has 6 nitrogen and oxygen atoms in total. The van der Waals surface area contributed by atoms with E-state index in [4.69, 9.17) is 4.74 Å². The first-order valence-electron chi connectivity index (χ1n) is 9.56. The fourth-order valence-corrected chi connectivity index (χ4v) is 3.73. The number of benzene rings is 2. The van der Waals surface area contributed by atoms with Crippen LogP contribution in [0.4, 0.5) is 4.39 Å². The van der Waals surface area contributed by atoms with E-state index in [2.05, 4.69) is 0 Å². The van der Waals surface area contributed by atoms with Crippen LogP contribution < -0.4 is 0 Å². The van der Waals surface area contributed by atoms with E-state index < -0.39 is 0 Å². The van der Waals surface area contributed by atoms with Crippen LogP contribution in [0.5, 0.6) is 0 Å². The van der Waals surface area contributed by atoms with Crippen LogP contribution in [0.3, 0.4) is 0 Å². The summed E-state index contributed by atoms with van der Waals surface area (Å²) < 4.78 is 18.8. The SMILES string of the molecule is Cc1ccc2c(c1)C(=O)N(CCC(=O)N1CCOC(c3ccc(F)cc3)C1)C2=O. The Kier molecular flexibility index (Phi) is 5.15. The molecule has 0 bridgehead atoms. The highest BCUT2D eigenvalue weighted by atomic mass is 19.1. The molecule has 150 valence electrons. The fourth-order valence-electron chi connectivity index (χ4n) is 3.73. The molecular weight excluding hydrogens is 375 g/mol. The zero-order chi connectivity index (χ0) is 20.5. The lowest BCUT2D eigenvalue weighted by Gasteiger charge is -2.33. The minimum atomic E-state index is -0.357. The number of fused-ring (bicyclic) bond motifs is 1.